The molecule has 38 heavy (non-hydrogen) atoms. The van der Waals surface area contributed by atoms with Gasteiger partial charge in [-0.1, -0.05) is 23.5 Å². The van der Waals surface area contributed by atoms with E-state index in [-0.39, 0.29) is 26.9 Å². The summed E-state index contributed by atoms with van der Waals surface area (Å²) in [6.07, 6.45) is 4.81. The highest BCUT2D eigenvalue weighted by atomic mass is 32.2. The monoisotopic (exact) mass is 560 g/mol. The number of carbonyl (C=O) groups is 2. The molecule has 1 saturated carbocycles. The Bertz CT molecular complexity index is 1280. The zero-order valence-electron chi connectivity index (χ0n) is 21.1. The van der Waals surface area contributed by atoms with Gasteiger partial charge in [-0.05, 0) is 37.8 Å². The average molecular weight is 561 g/mol. The Kier molecular flexibility index (Phi) is 8.36. The molecule has 5 rings (SSSR count). The SMILES string of the molecule is O=C(Nc1ncc(C(=O)NCCN2CCOCC2)s1)C(=NN1CCCC1)c1ccc(S(=O)(=O)C2CC2)cc1. The number of anilines is 1. The molecule has 0 unspecified atom stereocenters. The fourth-order valence-electron chi connectivity index (χ4n) is 4.38. The van der Waals surface area contributed by atoms with Gasteiger partial charge in [0.2, 0.25) is 0 Å². The van der Waals surface area contributed by atoms with E-state index in [0.717, 1.165) is 56.9 Å². The maximum Gasteiger partial charge on any atom is 0.278 e. The average Bonchev–Trinajstić information content (AvgIpc) is 3.48. The molecule has 1 aromatic carbocycles. The van der Waals surface area contributed by atoms with Crippen LogP contribution in [-0.4, -0.2) is 98.6 Å². The van der Waals surface area contributed by atoms with E-state index >= 15 is 0 Å². The van der Waals surface area contributed by atoms with Gasteiger partial charge in [0.1, 0.15) is 4.88 Å². The number of benzene rings is 1. The maximum atomic E-state index is 13.3. The van der Waals surface area contributed by atoms with Crippen molar-refractivity contribution in [3.8, 4) is 0 Å². The highest BCUT2D eigenvalue weighted by Gasteiger charge is 2.36. The minimum Gasteiger partial charge on any atom is -0.379 e. The lowest BCUT2D eigenvalue weighted by Gasteiger charge is -2.26. The number of hydrogen-bond acceptors (Lipinski definition) is 10. The highest BCUT2D eigenvalue weighted by molar-refractivity contribution is 7.92. The molecule has 204 valence electrons. The molecular formula is C25H32N6O5S2. The van der Waals surface area contributed by atoms with Crippen LogP contribution >= 0.6 is 11.3 Å². The lowest BCUT2D eigenvalue weighted by molar-refractivity contribution is -0.110. The van der Waals surface area contributed by atoms with Gasteiger partial charge in [-0.15, -0.1) is 0 Å². The third-order valence-corrected chi connectivity index (χ3v) is 9.92. The van der Waals surface area contributed by atoms with Gasteiger partial charge in [0, 0.05) is 44.8 Å². The van der Waals surface area contributed by atoms with E-state index < -0.39 is 15.7 Å². The van der Waals surface area contributed by atoms with Crippen LogP contribution in [0, 0.1) is 0 Å². The topological polar surface area (TPSA) is 133 Å². The first-order valence-corrected chi connectivity index (χ1v) is 15.3. The number of carbonyl (C=O) groups excluding carboxylic acids is 2. The minimum atomic E-state index is -3.32. The largest absolute Gasteiger partial charge is 0.379 e. The van der Waals surface area contributed by atoms with E-state index in [4.69, 9.17) is 4.74 Å². The van der Waals surface area contributed by atoms with E-state index in [1.54, 1.807) is 24.3 Å². The molecule has 0 radical (unpaired) electrons. The van der Waals surface area contributed by atoms with Crippen molar-refractivity contribution in [3.63, 3.8) is 0 Å². The number of nitrogens with one attached hydrogen (secondary N) is 2. The first-order valence-electron chi connectivity index (χ1n) is 12.9. The number of sulfone groups is 1. The molecule has 3 aliphatic rings. The zero-order chi connectivity index (χ0) is 26.5. The Balaban J connectivity index is 1.24. The summed E-state index contributed by atoms with van der Waals surface area (Å²) in [5, 5.41) is 12.1. The fraction of sp³-hybridized carbons (Fsp3) is 0.520. The normalized spacial score (nSPS) is 18.9. The van der Waals surface area contributed by atoms with Crippen LogP contribution in [0.2, 0.25) is 0 Å². The number of rotatable bonds is 10. The second-order valence-electron chi connectivity index (χ2n) is 9.57. The van der Waals surface area contributed by atoms with Crippen molar-refractivity contribution in [2.24, 2.45) is 5.10 Å². The van der Waals surface area contributed by atoms with Crippen LogP contribution in [0.5, 0.6) is 0 Å². The van der Waals surface area contributed by atoms with E-state index in [0.29, 0.717) is 43.0 Å². The van der Waals surface area contributed by atoms with Crippen molar-refractivity contribution in [1.82, 2.24) is 20.2 Å². The number of aromatic nitrogens is 1. The Hall–Kier alpha value is -2.87. The molecule has 13 heteroatoms. The quantitative estimate of drug-likeness (QED) is 0.419. The third-order valence-electron chi connectivity index (χ3n) is 6.73. The number of hydrogen-bond donors (Lipinski definition) is 2. The number of hydrazone groups is 1. The lowest BCUT2D eigenvalue weighted by Crippen LogP contribution is -2.41. The number of morpholine rings is 1. The summed E-state index contributed by atoms with van der Waals surface area (Å²) in [6.45, 7) is 5.87. The van der Waals surface area contributed by atoms with E-state index in [1.807, 2.05) is 5.01 Å². The van der Waals surface area contributed by atoms with Crippen LogP contribution in [0.1, 0.15) is 40.9 Å². The summed E-state index contributed by atoms with van der Waals surface area (Å²) in [4.78, 5) is 32.9. The highest BCUT2D eigenvalue weighted by Crippen LogP contribution is 2.33. The smallest absolute Gasteiger partial charge is 0.278 e. The van der Waals surface area contributed by atoms with Crippen LogP contribution in [0.15, 0.2) is 40.5 Å². The molecule has 1 aromatic heterocycles. The van der Waals surface area contributed by atoms with Gasteiger partial charge >= 0.3 is 0 Å². The summed E-state index contributed by atoms with van der Waals surface area (Å²) in [5.41, 5.74) is 0.691. The fourth-order valence-corrected chi connectivity index (χ4v) is 6.77. The molecule has 0 atom stereocenters. The first-order chi connectivity index (χ1) is 18.4. The second-order valence-corrected chi connectivity index (χ2v) is 12.8. The maximum absolute atomic E-state index is 13.3. The molecule has 0 spiro atoms. The van der Waals surface area contributed by atoms with Gasteiger partial charge in [-0.25, -0.2) is 13.4 Å². The summed E-state index contributed by atoms with van der Waals surface area (Å²) in [6, 6.07) is 6.33. The molecule has 2 amide bonds. The van der Waals surface area contributed by atoms with Crippen LogP contribution in [0.3, 0.4) is 0 Å². The van der Waals surface area contributed by atoms with Crippen LogP contribution in [0.25, 0.3) is 0 Å². The van der Waals surface area contributed by atoms with E-state index in [9.17, 15) is 18.0 Å². The van der Waals surface area contributed by atoms with Gasteiger partial charge in [-0.3, -0.25) is 24.8 Å². The predicted octanol–water partition coefficient (Wildman–Crippen LogP) is 1.58. The van der Waals surface area contributed by atoms with Crippen LogP contribution < -0.4 is 10.6 Å². The predicted molar refractivity (Wildman–Crippen MR) is 144 cm³/mol. The third kappa shape index (κ3) is 6.57. The van der Waals surface area contributed by atoms with Crippen molar-refractivity contribution in [2.45, 2.75) is 35.8 Å². The Morgan fingerprint density at radius 2 is 1.79 bits per heavy atom. The molecule has 2 N–H and O–H groups in total. The Morgan fingerprint density at radius 3 is 2.47 bits per heavy atom. The molecule has 3 fully saturated rings. The molecule has 2 aliphatic heterocycles. The minimum absolute atomic E-state index is 0.175. The lowest BCUT2D eigenvalue weighted by atomic mass is 10.1. The van der Waals surface area contributed by atoms with Gasteiger partial charge in [0.25, 0.3) is 11.8 Å². The van der Waals surface area contributed by atoms with Gasteiger partial charge in [0.05, 0.1) is 29.6 Å². The Morgan fingerprint density at radius 1 is 1.08 bits per heavy atom. The summed E-state index contributed by atoms with van der Waals surface area (Å²) >= 11 is 1.09. The van der Waals surface area contributed by atoms with Crippen molar-refractivity contribution in [3.05, 3.63) is 40.9 Å². The number of ether oxygens (including phenoxy) is 1. The van der Waals surface area contributed by atoms with E-state index in [2.05, 4.69) is 25.6 Å². The van der Waals surface area contributed by atoms with Crippen molar-refractivity contribution >= 4 is 43.8 Å². The molecule has 0 bridgehead atoms. The Labute approximate surface area is 226 Å². The summed E-state index contributed by atoms with van der Waals surface area (Å²) < 4.78 is 30.5. The zero-order valence-corrected chi connectivity index (χ0v) is 22.7. The van der Waals surface area contributed by atoms with Crippen molar-refractivity contribution in [2.75, 3.05) is 57.8 Å². The second kappa shape index (κ2) is 11.9. The van der Waals surface area contributed by atoms with Gasteiger partial charge in [0.15, 0.2) is 20.7 Å². The molecule has 2 saturated heterocycles. The molecule has 2 aromatic rings. The number of amides is 2. The van der Waals surface area contributed by atoms with Crippen LogP contribution in [-0.2, 0) is 19.4 Å². The standard InChI is InChI=1S/C25H32N6O5S2/c32-23(26-9-12-30-13-15-36-16-14-30)21-17-27-25(37-21)28-24(33)22(29-31-10-1-2-11-31)18-3-5-19(6-4-18)38(34,35)20-7-8-20/h3-6,17,20H,1-2,7-16H2,(H,26,32)(H,27,28,33). The van der Waals surface area contributed by atoms with Crippen molar-refractivity contribution < 1.29 is 22.7 Å². The first kappa shape index (κ1) is 26.7. The molecule has 1 aliphatic carbocycles. The summed E-state index contributed by atoms with van der Waals surface area (Å²) in [7, 11) is -3.32. The van der Waals surface area contributed by atoms with E-state index in [1.165, 1.54) is 6.20 Å². The van der Waals surface area contributed by atoms with Crippen molar-refractivity contribution in [1.29, 1.82) is 0 Å². The molecule has 3 heterocycles. The summed E-state index contributed by atoms with van der Waals surface area (Å²) in [5.74, 6) is -0.710. The molecular weight excluding hydrogens is 528 g/mol. The van der Waals surface area contributed by atoms with Gasteiger partial charge in [-0.2, -0.15) is 5.10 Å². The number of thiazole rings is 1. The number of nitrogens with zero attached hydrogens (tertiary/aromatic N) is 4. The van der Waals surface area contributed by atoms with Gasteiger partial charge < -0.3 is 10.1 Å². The van der Waals surface area contributed by atoms with Crippen LogP contribution in [0.4, 0.5) is 5.13 Å². The molecule has 11 nitrogen and oxygen atoms in total.